The van der Waals surface area contributed by atoms with Gasteiger partial charge in [-0.05, 0) is 0 Å². The summed E-state index contributed by atoms with van der Waals surface area (Å²) in [5.41, 5.74) is -2.11. The van der Waals surface area contributed by atoms with Gasteiger partial charge in [0.05, 0.1) is 5.92 Å². The molecular formula is C12H4F10. The lowest BCUT2D eigenvalue weighted by Crippen LogP contribution is -2.39. The molecule has 2 rings (SSSR count). The van der Waals surface area contributed by atoms with Gasteiger partial charge in [-0.3, -0.25) is 0 Å². The van der Waals surface area contributed by atoms with E-state index in [4.69, 9.17) is 0 Å². The predicted molar refractivity (Wildman–Crippen MR) is 52.9 cm³/mol. The summed E-state index contributed by atoms with van der Waals surface area (Å²) in [6, 6.07) is 0. The van der Waals surface area contributed by atoms with Crippen molar-refractivity contribution in [3.8, 4) is 0 Å². The van der Waals surface area contributed by atoms with Gasteiger partial charge in [0.25, 0.3) is 0 Å². The molecule has 0 saturated carbocycles. The Hall–Kier alpha value is -1.74. The molecule has 0 heterocycles. The van der Waals surface area contributed by atoms with Crippen LogP contribution in [0, 0.1) is 29.1 Å². The van der Waals surface area contributed by atoms with Crippen LogP contribution < -0.4 is 0 Å². The number of alkyl halides is 3. The molecule has 2 unspecified atom stereocenters. The zero-order valence-corrected chi connectivity index (χ0v) is 10.1. The molecule has 1 aliphatic rings. The average molecular weight is 338 g/mol. The van der Waals surface area contributed by atoms with Crippen molar-refractivity contribution in [3.05, 3.63) is 46.3 Å². The summed E-state index contributed by atoms with van der Waals surface area (Å²) >= 11 is 0. The lowest BCUT2D eigenvalue weighted by molar-refractivity contribution is 0.0517. The van der Waals surface area contributed by atoms with Crippen LogP contribution in [-0.2, 0) is 0 Å². The SMILES string of the molecule is FC1=C(F)[C@@H](c2c(F)c(F)c(F)c(F)c2F)[C@H](F)C(F)C1F. The Morgan fingerprint density at radius 2 is 0.909 bits per heavy atom. The summed E-state index contributed by atoms with van der Waals surface area (Å²) < 4.78 is 132. The van der Waals surface area contributed by atoms with E-state index < -0.39 is 70.7 Å². The molecule has 0 nitrogen and oxygen atoms in total. The highest BCUT2D eigenvalue weighted by atomic mass is 19.2. The molecule has 0 amide bonds. The van der Waals surface area contributed by atoms with Crippen LogP contribution in [0.5, 0.6) is 0 Å². The lowest BCUT2D eigenvalue weighted by atomic mass is 9.83. The van der Waals surface area contributed by atoms with Gasteiger partial charge in [-0.1, -0.05) is 0 Å². The van der Waals surface area contributed by atoms with E-state index in [0.29, 0.717) is 0 Å². The zero-order valence-electron chi connectivity index (χ0n) is 10.1. The third kappa shape index (κ3) is 2.15. The van der Waals surface area contributed by atoms with Crippen molar-refractivity contribution in [1.29, 1.82) is 0 Å². The fourth-order valence-electron chi connectivity index (χ4n) is 2.09. The largest absolute Gasteiger partial charge is 0.243 e. The standard InChI is InChI=1S/C12H4F10/c13-3-1(4(14)8(18)11(21)7(3)17)2-5(15)9(19)12(22)10(20)6(2)16/h1,3,7,11H/t1-,3-,7?,11?/m0/s1. The van der Waals surface area contributed by atoms with Crippen LogP contribution in [0.4, 0.5) is 43.9 Å². The van der Waals surface area contributed by atoms with Crippen molar-refractivity contribution in [3.63, 3.8) is 0 Å². The van der Waals surface area contributed by atoms with Gasteiger partial charge >= 0.3 is 0 Å². The monoisotopic (exact) mass is 338 g/mol. The van der Waals surface area contributed by atoms with Crippen LogP contribution in [0.3, 0.4) is 0 Å². The van der Waals surface area contributed by atoms with Crippen LogP contribution in [0.1, 0.15) is 11.5 Å². The van der Waals surface area contributed by atoms with E-state index in [1.807, 2.05) is 0 Å². The highest BCUT2D eigenvalue weighted by Gasteiger charge is 2.50. The molecule has 0 spiro atoms. The summed E-state index contributed by atoms with van der Waals surface area (Å²) in [5.74, 6) is -21.1. The van der Waals surface area contributed by atoms with Crippen LogP contribution in [0.15, 0.2) is 11.7 Å². The first kappa shape index (κ1) is 16.6. The van der Waals surface area contributed by atoms with E-state index in [1.165, 1.54) is 0 Å². The molecule has 0 aromatic heterocycles. The number of hydrogen-bond acceptors (Lipinski definition) is 0. The summed E-state index contributed by atoms with van der Waals surface area (Å²) in [6.45, 7) is 0. The molecule has 0 radical (unpaired) electrons. The smallest absolute Gasteiger partial charge is 0.200 e. The lowest BCUT2D eigenvalue weighted by Gasteiger charge is -2.30. The van der Waals surface area contributed by atoms with E-state index in [9.17, 15) is 43.9 Å². The molecule has 1 aliphatic carbocycles. The molecule has 0 saturated heterocycles. The summed E-state index contributed by atoms with van der Waals surface area (Å²) in [5, 5.41) is 0. The van der Waals surface area contributed by atoms with E-state index in [0.717, 1.165) is 0 Å². The fourth-order valence-corrected chi connectivity index (χ4v) is 2.09. The van der Waals surface area contributed by atoms with Gasteiger partial charge < -0.3 is 0 Å². The second-order valence-corrected chi connectivity index (χ2v) is 4.45. The van der Waals surface area contributed by atoms with E-state index in [2.05, 4.69) is 0 Å². The van der Waals surface area contributed by atoms with Crippen molar-refractivity contribution < 1.29 is 43.9 Å². The Balaban J connectivity index is 2.76. The number of hydrogen-bond donors (Lipinski definition) is 0. The molecule has 0 aliphatic heterocycles. The Kier molecular flexibility index (Phi) is 4.14. The molecule has 1 aromatic rings. The fraction of sp³-hybridized carbons (Fsp3) is 0.333. The maximum atomic E-state index is 13.6. The molecule has 0 fully saturated rings. The maximum Gasteiger partial charge on any atom is 0.200 e. The Morgan fingerprint density at radius 3 is 1.36 bits per heavy atom. The average Bonchev–Trinajstić information content (AvgIpc) is 2.50. The summed E-state index contributed by atoms with van der Waals surface area (Å²) in [7, 11) is 0. The molecule has 0 bridgehead atoms. The van der Waals surface area contributed by atoms with Gasteiger partial charge in [0.2, 0.25) is 5.82 Å². The van der Waals surface area contributed by atoms with Crippen molar-refractivity contribution in [2.75, 3.05) is 0 Å². The molecule has 10 heteroatoms. The van der Waals surface area contributed by atoms with E-state index >= 15 is 0 Å². The van der Waals surface area contributed by atoms with E-state index in [-0.39, 0.29) is 0 Å². The van der Waals surface area contributed by atoms with E-state index in [1.54, 1.807) is 0 Å². The van der Waals surface area contributed by atoms with Gasteiger partial charge in [-0.2, -0.15) is 0 Å². The third-order valence-electron chi connectivity index (χ3n) is 3.20. The topological polar surface area (TPSA) is 0 Å². The van der Waals surface area contributed by atoms with Crippen LogP contribution in [0.2, 0.25) is 0 Å². The highest BCUT2D eigenvalue weighted by Crippen LogP contribution is 2.45. The second-order valence-electron chi connectivity index (χ2n) is 4.45. The first-order chi connectivity index (χ1) is 10.1. The highest BCUT2D eigenvalue weighted by molar-refractivity contribution is 5.37. The molecule has 122 valence electrons. The summed E-state index contributed by atoms with van der Waals surface area (Å²) in [6.07, 6.45) is -10.1. The predicted octanol–water partition coefficient (Wildman–Crippen LogP) is 4.64. The second kappa shape index (κ2) is 5.47. The van der Waals surface area contributed by atoms with Crippen LogP contribution in [-0.4, -0.2) is 18.5 Å². The minimum absolute atomic E-state index is 2.11. The van der Waals surface area contributed by atoms with Gasteiger partial charge in [0, 0.05) is 5.56 Å². The van der Waals surface area contributed by atoms with Crippen LogP contribution >= 0.6 is 0 Å². The Labute approximate surface area is 116 Å². The van der Waals surface area contributed by atoms with Crippen LogP contribution in [0.25, 0.3) is 0 Å². The quantitative estimate of drug-likeness (QED) is 0.397. The zero-order chi connectivity index (χ0) is 16.9. The molecule has 22 heavy (non-hydrogen) atoms. The number of halogens is 10. The normalized spacial score (nSPS) is 29.2. The minimum Gasteiger partial charge on any atom is -0.243 e. The number of benzene rings is 1. The first-order valence-corrected chi connectivity index (χ1v) is 5.59. The molecule has 1 aromatic carbocycles. The molecule has 4 atom stereocenters. The summed E-state index contributed by atoms with van der Waals surface area (Å²) in [4.78, 5) is 0. The van der Waals surface area contributed by atoms with Crippen molar-refractivity contribution >= 4 is 0 Å². The number of allylic oxidation sites excluding steroid dienone is 2. The van der Waals surface area contributed by atoms with Gasteiger partial charge in [-0.25, -0.2) is 43.9 Å². The Morgan fingerprint density at radius 1 is 0.500 bits per heavy atom. The van der Waals surface area contributed by atoms with Gasteiger partial charge in [0.15, 0.2) is 41.4 Å². The molecular weight excluding hydrogens is 334 g/mol. The number of rotatable bonds is 1. The Bertz CT molecular complexity index is 623. The molecule has 0 N–H and O–H groups in total. The minimum atomic E-state index is -3.39. The van der Waals surface area contributed by atoms with Gasteiger partial charge in [0.1, 0.15) is 12.0 Å². The van der Waals surface area contributed by atoms with Gasteiger partial charge in [-0.15, -0.1) is 0 Å². The van der Waals surface area contributed by atoms with Crippen molar-refractivity contribution in [2.24, 2.45) is 0 Å². The maximum absolute atomic E-state index is 13.6. The van der Waals surface area contributed by atoms with Crippen molar-refractivity contribution in [1.82, 2.24) is 0 Å². The third-order valence-corrected chi connectivity index (χ3v) is 3.20. The van der Waals surface area contributed by atoms with Crippen molar-refractivity contribution in [2.45, 2.75) is 24.4 Å². The first-order valence-electron chi connectivity index (χ1n) is 5.59.